The molecule has 43 heavy (non-hydrogen) atoms. The third-order valence-electron chi connectivity index (χ3n) is 8.27. The predicted octanol–water partition coefficient (Wildman–Crippen LogP) is 6.62. The van der Waals surface area contributed by atoms with Gasteiger partial charge in [0.1, 0.15) is 22.7 Å². The van der Waals surface area contributed by atoms with Gasteiger partial charge in [-0.3, -0.25) is 4.79 Å². The first-order valence-corrected chi connectivity index (χ1v) is 14.9. The molecular formula is C36H33N5O2. The van der Waals surface area contributed by atoms with Crippen LogP contribution in [0.5, 0.6) is 0 Å². The molecule has 6 aromatic rings. The van der Waals surface area contributed by atoms with Gasteiger partial charge >= 0.3 is 0 Å². The fraction of sp³-hybridized carbons (Fsp3) is 0.222. The molecule has 1 amide bonds. The summed E-state index contributed by atoms with van der Waals surface area (Å²) in [6.07, 6.45) is 1.86. The largest absolute Gasteiger partial charge is 0.352 e. The summed E-state index contributed by atoms with van der Waals surface area (Å²) in [7, 11) is 0. The van der Waals surface area contributed by atoms with Crippen molar-refractivity contribution in [1.82, 2.24) is 20.0 Å². The molecule has 0 radical (unpaired) electrons. The second-order valence-corrected chi connectivity index (χ2v) is 11.3. The van der Waals surface area contributed by atoms with Crippen LogP contribution in [0.2, 0.25) is 0 Å². The van der Waals surface area contributed by atoms with E-state index in [4.69, 9.17) is 14.5 Å². The number of benzene rings is 4. The van der Waals surface area contributed by atoms with E-state index in [1.54, 1.807) is 0 Å². The minimum absolute atomic E-state index is 0.193. The van der Waals surface area contributed by atoms with Crippen molar-refractivity contribution in [3.63, 3.8) is 0 Å². The standard InChI is InChI=1S/C36H33N5O2/c1-25-11-13-27(14-12-25)23-31-37-35(41-21-19-40(20-22-41)32(42)18-15-26-7-3-2-4-8-26)33-34(39-43-36(33)38-31)30-17-16-28-9-5-6-10-29(28)24-30/h2-14,16-17,24H,15,18-23H2,1H3. The maximum absolute atomic E-state index is 13.1. The van der Waals surface area contributed by atoms with Crippen LogP contribution in [0.15, 0.2) is 102 Å². The number of carbonyl (C=O) groups excluding carboxylic acids is 1. The molecule has 7 rings (SSSR count). The Bertz CT molecular complexity index is 1890. The molecule has 214 valence electrons. The molecule has 0 spiro atoms. The topological polar surface area (TPSA) is 75.4 Å². The van der Waals surface area contributed by atoms with E-state index in [1.807, 2.05) is 35.2 Å². The number of amides is 1. The van der Waals surface area contributed by atoms with Crippen molar-refractivity contribution in [3.05, 3.63) is 120 Å². The highest BCUT2D eigenvalue weighted by atomic mass is 16.5. The Balaban J connectivity index is 1.19. The van der Waals surface area contributed by atoms with E-state index in [0.29, 0.717) is 50.6 Å². The van der Waals surface area contributed by atoms with Crippen LogP contribution in [0.4, 0.5) is 5.82 Å². The van der Waals surface area contributed by atoms with E-state index < -0.39 is 0 Å². The van der Waals surface area contributed by atoms with E-state index in [-0.39, 0.29) is 5.91 Å². The lowest BCUT2D eigenvalue weighted by atomic mass is 10.0. The SMILES string of the molecule is Cc1ccc(Cc2nc(N3CCN(C(=O)CCc4ccccc4)CC3)c3c(-c4ccc5ccccc5c4)noc3n2)cc1. The molecule has 0 aliphatic carbocycles. The fourth-order valence-electron chi connectivity index (χ4n) is 5.83. The number of aryl methyl sites for hydroxylation is 2. The monoisotopic (exact) mass is 567 g/mol. The number of rotatable bonds is 7. The molecule has 2 aromatic heterocycles. The number of nitrogens with zero attached hydrogens (tertiary/aromatic N) is 5. The van der Waals surface area contributed by atoms with Gasteiger partial charge in [-0.25, -0.2) is 4.98 Å². The first-order valence-electron chi connectivity index (χ1n) is 14.9. The van der Waals surface area contributed by atoms with Crippen molar-refractivity contribution in [3.8, 4) is 11.3 Å². The Morgan fingerprint density at radius 1 is 0.791 bits per heavy atom. The van der Waals surface area contributed by atoms with Gasteiger partial charge in [0.2, 0.25) is 5.91 Å². The average Bonchev–Trinajstić information content (AvgIpc) is 3.49. The number of hydrogen-bond acceptors (Lipinski definition) is 6. The van der Waals surface area contributed by atoms with Gasteiger partial charge in [-0.1, -0.05) is 102 Å². The van der Waals surface area contributed by atoms with Crippen LogP contribution in [-0.4, -0.2) is 52.1 Å². The highest BCUT2D eigenvalue weighted by Gasteiger charge is 2.27. The van der Waals surface area contributed by atoms with Crippen LogP contribution in [0, 0.1) is 6.92 Å². The van der Waals surface area contributed by atoms with Gasteiger partial charge in [0.15, 0.2) is 0 Å². The van der Waals surface area contributed by atoms with Gasteiger partial charge in [-0.2, -0.15) is 4.98 Å². The lowest BCUT2D eigenvalue weighted by Crippen LogP contribution is -2.49. The summed E-state index contributed by atoms with van der Waals surface area (Å²) in [5.74, 6) is 1.69. The first kappa shape index (κ1) is 26.8. The molecule has 1 aliphatic heterocycles. The van der Waals surface area contributed by atoms with Gasteiger partial charge in [-0.05, 0) is 41.3 Å². The Hall–Kier alpha value is -5.04. The molecule has 0 saturated carbocycles. The number of hydrogen-bond donors (Lipinski definition) is 0. The fourth-order valence-corrected chi connectivity index (χ4v) is 5.83. The zero-order chi connectivity index (χ0) is 29.2. The Kier molecular flexibility index (Phi) is 7.29. The summed E-state index contributed by atoms with van der Waals surface area (Å²) in [6, 6.07) is 33.2. The highest BCUT2D eigenvalue weighted by Crippen LogP contribution is 2.35. The van der Waals surface area contributed by atoms with Crippen LogP contribution in [-0.2, 0) is 17.6 Å². The predicted molar refractivity (Wildman–Crippen MR) is 170 cm³/mol. The maximum Gasteiger partial charge on any atom is 0.263 e. The second kappa shape index (κ2) is 11.7. The number of carbonyl (C=O) groups is 1. The van der Waals surface area contributed by atoms with Crippen molar-refractivity contribution >= 4 is 33.6 Å². The van der Waals surface area contributed by atoms with E-state index in [9.17, 15) is 4.79 Å². The molecular weight excluding hydrogens is 534 g/mol. The minimum atomic E-state index is 0.193. The second-order valence-electron chi connectivity index (χ2n) is 11.3. The number of fused-ring (bicyclic) bond motifs is 2. The van der Waals surface area contributed by atoms with Gasteiger partial charge < -0.3 is 14.3 Å². The summed E-state index contributed by atoms with van der Waals surface area (Å²) in [5.41, 5.74) is 5.72. The van der Waals surface area contributed by atoms with E-state index in [2.05, 4.69) is 83.7 Å². The van der Waals surface area contributed by atoms with Crippen molar-refractivity contribution in [1.29, 1.82) is 0 Å². The van der Waals surface area contributed by atoms with Gasteiger partial charge in [0.25, 0.3) is 5.71 Å². The normalized spacial score (nSPS) is 13.6. The number of aromatic nitrogens is 3. The molecule has 0 atom stereocenters. The third kappa shape index (κ3) is 5.71. The van der Waals surface area contributed by atoms with Crippen LogP contribution < -0.4 is 4.90 Å². The van der Waals surface area contributed by atoms with Crippen LogP contribution in [0.3, 0.4) is 0 Å². The molecule has 0 bridgehead atoms. The molecule has 0 unspecified atom stereocenters. The Morgan fingerprint density at radius 2 is 1.53 bits per heavy atom. The van der Waals surface area contributed by atoms with Gasteiger partial charge in [-0.15, -0.1) is 0 Å². The summed E-state index contributed by atoms with van der Waals surface area (Å²) in [5, 5.41) is 7.63. The maximum atomic E-state index is 13.1. The zero-order valence-corrected chi connectivity index (χ0v) is 24.2. The zero-order valence-electron chi connectivity index (χ0n) is 24.2. The molecule has 1 aliphatic rings. The molecule has 7 heteroatoms. The van der Waals surface area contributed by atoms with E-state index in [1.165, 1.54) is 16.5 Å². The highest BCUT2D eigenvalue weighted by molar-refractivity contribution is 6.00. The average molecular weight is 568 g/mol. The summed E-state index contributed by atoms with van der Waals surface area (Å²) < 4.78 is 5.89. The summed E-state index contributed by atoms with van der Waals surface area (Å²) in [6.45, 7) is 4.72. The Morgan fingerprint density at radius 3 is 2.33 bits per heavy atom. The van der Waals surface area contributed by atoms with Gasteiger partial charge in [0.05, 0.1) is 0 Å². The lowest BCUT2D eigenvalue weighted by Gasteiger charge is -2.35. The summed E-state index contributed by atoms with van der Waals surface area (Å²) in [4.78, 5) is 27.2. The van der Waals surface area contributed by atoms with Gasteiger partial charge in [0, 0.05) is 44.6 Å². The summed E-state index contributed by atoms with van der Waals surface area (Å²) >= 11 is 0. The Labute approximate surface area is 250 Å². The van der Waals surface area contributed by atoms with Crippen molar-refractivity contribution in [2.75, 3.05) is 31.1 Å². The van der Waals surface area contributed by atoms with Crippen LogP contribution >= 0.6 is 0 Å². The first-order chi connectivity index (χ1) is 21.1. The molecule has 1 fully saturated rings. The quantitative estimate of drug-likeness (QED) is 0.216. The number of piperazine rings is 1. The number of anilines is 1. The van der Waals surface area contributed by atoms with Crippen molar-refractivity contribution in [2.45, 2.75) is 26.2 Å². The smallest absolute Gasteiger partial charge is 0.263 e. The van der Waals surface area contributed by atoms with Crippen LogP contribution in [0.1, 0.15) is 28.9 Å². The lowest BCUT2D eigenvalue weighted by molar-refractivity contribution is -0.131. The van der Waals surface area contributed by atoms with Crippen LogP contribution in [0.25, 0.3) is 33.1 Å². The molecule has 4 aromatic carbocycles. The van der Waals surface area contributed by atoms with Crippen molar-refractivity contribution < 1.29 is 9.32 Å². The third-order valence-corrected chi connectivity index (χ3v) is 8.27. The van der Waals surface area contributed by atoms with E-state index in [0.717, 1.165) is 39.8 Å². The van der Waals surface area contributed by atoms with Crippen molar-refractivity contribution in [2.24, 2.45) is 0 Å². The molecule has 7 nitrogen and oxygen atoms in total. The molecule has 0 N–H and O–H groups in total. The molecule has 3 heterocycles. The molecule has 1 saturated heterocycles. The van der Waals surface area contributed by atoms with E-state index >= 15 is 0 Å². The minimum Gasteiger partial charge on any atom is -0.352 e.